The van der Waals surface area contributed by atoms with E-state index >= 15 is 0 Å². The van der Waals surface area contributed by atoms with E-state index in [1.807, 2.05) is 17.0 Å². The van der Waals surface area contributed by atoms with E-state index in [9.17, 15) is 4.79 Å². The molecule has 20 heavy (non-hydrogen) atoms. The number of amides is 1. The van der Waals surface area contributed by atoms with Crippen molar-refractivity contribution in [1.29, 1.82) is 0 Å². The largest absolute Gasteiger partial charge is 0.384 e. The van der Waals surface area contributed by atoms with Crippen molar-refractivity contribution in [1.82, 2.24) is 4.90 Å². The van der Waals surface area contributed by atoms with Gasteiger partial charge in [-0.05, 0) is 30.9 Å². The second-order valence-corrected chi connectivity index (χ2v) is 5.51. The van der Waals surface area contributed by atoms with Crippen LogP contribution in [0, 0.1) is 0 Å². The van der Waals surface area contributed by atoms with Gasteiger partial charge in [-0.3, -0.25) is 4.79 Å². The number of nitrogens with one attached hydrogen (secondary N) is 1. The maximum Gasteiger partial charge on any atom is 0.256 e. The Hall–Kier alpha value is -1.55. The number of hydrogen-bond acceptors (Lipinski definition) is 3. The Morgan fingerprint density at radius 3 is 3.25 bits per heavy atom. The van der Waals surface area contributed by atoms with Gasteiger partial charge in [0.25, 0.3) is 5.91 Å². The molecule has 2 aliphatic heterocycles. The predicted molar refractivity (Wildman–Crippen MR) is 79.2 cm³/mol. The van der Waals surface area contributed by atoms with Gasteiger partial charge in [0.05, 0.1) is 30.5 Å². The van der Waals surface area contributed by atoms with Crippen molar-refractivity contribution >= 4 is 11.6 Å². The molecule has 0 radical (unpaired) electrons. The lowest BCUT2D eigenvalue weighted by Gasteiger charge is -2.36. The van der Waals surface area contributed by atoms with Crippen LogP contribution in [0.2, 0.25) is 0 Å². The average Bonchev–Trinajstić information content (AvgIpc) is 2.53. The van der Waals surface area contributed by atoms with E-state index in [1.54, 1.807) is 0 Å². The minimum absolute atomic E-state index is 0.145. The molecule has 0 aromatic heterocycles. The highest BCUT2D eigenvalue weighted by Crippen LogP contribution is 2.28. The van der Waals surface area contributed by atoms with E-state index < -0.39 is 0 Å². The zero-order valence-corrected chi connectivity index (χ0v) is 12.0. The maximum atomic E-state index is 12.9. The smallest absolute Gasteiger partial charge is 0.256 e. The Bertz CT molecular complexity index is 501. The summed E-state index contributed by atoms with van der Waals surface area (Å²) < 4.78 is 5.49. The Balaban J connectivity index is 1.90. The van der Waals surface area contributed by atoms with Gasteiger partial charge >= 0.3 is 0 Å². The van der Waals surface area contributed by atoms with Gasteiger partial charge in [-0.15, -0.1) is 0 Å². The third-order valence-electron chi connectivity index (χ3n) is 4.27. The standard InChI is InChI=1S/C16H22N2O2/c1-2-13-11-20-10-9-18(13)16(19)14-7-3-5-12-6-4-8-17-15(12)14/h3,5,7,13,17H,2,4,6,8-11H2,1H3. The summed E-state index contributed by atoms with van der Waals surface area (Å²) in [5.41, 5.74) is 3.14. The van der Waals surface area contributed by atoms with Crippen LogP contribution in [0.5, 0.6) is 0 Å². The number of morpholine rings is 1. The van der Waals surface area contributed by atoms with E-state index in [0.29, 0.717) is 19.8 Å². The molecule has 1 fully saturated rings. The van der Waals surface area contributed by atoms with E-state index in [4.69, 9.17) is 4.74 Å². The third-order valence-corrected chi connectivity index (χ3v) is 4.27. The van der Waals surface area contributed by atoms with Crippen LogP contribution in [0.25, 0.3) is 0 Å². The van der Waals surface area contributed by atoms with Crippen LogP contribution >= 0.6 is 0 Å². The molecule has 1 aromatic carbocycles. The third kappa shape index (κ3) is 2.40. The first-order valence-electron chi connectivity index (χ1n) is 7.55. The first-order valence-corrected chi connectivity index (χ1v) is 7.55. The molecule has 1 aromatic rings. The van der Waals surface area contributed by atoms with Crippen molar-refractivity contribution in [3.05, 3.63) is 29.3 Å². The van der Waals surface area contributed by atoms with E-state index in [0.717, 1.165) is 37.1 Å². The number of benzene rings is 1. The number of aryl methyl sites for hydroxylation is 1. The molecule has 0 saturated carbocycles. The summed E-state index contributed by atoms with van der Waals surface area (Å²) in [6.45, 7) is 5.06. The van der Waals surface area contributed by atoms with Crippen LogP contribution < -0.4 is 5.32 Å². The number of hydrogen-bond donors (Lipinski definition) is 1. The summed E-state index contributed by atoms with van der Waals surface area (Å²) in [6, 6.07) is 6.27. The van der Waals surface area contributed by atoms with E-state index in [-0.39, 0.29) is 11.9 Å². The second kappa shape index (κ2) is 5.83. The van der Waals surface area contributed by atoms with E-state index in [2.05, 4.69) is 18.3 Å². The lowest BCUT2D eigenvalue weighted by atomic mass is 9.98. The number of carbonyl (C=O) groups is 1. The molecule has 3 rings (SSSR count). The molecule has 0 bridgehead atoms. The summed E-state index contributed by atoms with van der Waals surface area (Å²) in [6.07, 6.45) is 3.14. The fourth-order valence-electron chi connectivity index (χ4n) is 3.10. The Morgan fingerprint density at radius 2 is 2.40 bits per heavy atom. The molecule has 108 valence electrons. The number of carbonyl (C=O) groups excluding carboxylic acids is 1. The molecular formula is C16H22N2O2. The highest BCUT2D eigenvalue weighted by Gasteiger charge is 2.29. The van der Waals surface area contributed by atoms with Gasteiger partial charge in [-0.1, -0.05) is 19.1 Å². The number of rotatable bonds is 2. The SMILES string of the molecule is CCC1COCCN1C(=O)c1cccc2c1NCCC2. The first-order chi connectivity index (χ1) is 9.81. The van der Waals surface area contributed by atoms with Gasteiger partial charge in [-0.2, -0.15) is 0 Å². The van der Waals surface area contributed by atoms with Crippen molar-refractivity contribution in [2.24, 2.45) is 0 Å². The van der Waals surface area contributed by atoms with Gasteiger partial charge in [0.15, 0.2) is 0 Å². The van der Waals surface area contributed by atoms with Crippen LogP contribution in [0.15, 0.2) is 18.2 Å². The predicted octanol–water partition coefficient (Wildman–Crippen LogP) is 2.30. The highest BCUT2D eigenvalue weighted by molar-refractivity contribution is 6.00. The summed E-state index contributed by atoms with van der Waals surface area (Å²) >= 11 is 0. The topological polar surface area (TPSA) is 41.6 Å². The molecule has 1 N–H and O–H groups in total. The van der Waals surface area contributed by atoms with Gasteiger partial charge < -0.3 is 15.0 Å². The first kappa shape index (κ1) is 13.4. The van der Waals surface area contributed by atoms with Crippen molar-refractivity contribution in [2.75, 3.05) is 31.6 Å². The zero-order chi connectivity index (χ0) is 13.9. The van der Waals surface area contributed by atoms with Gasteiger partial charge in [-0.25, -0.2) is 0 Å². The molecule has 1 atom stereocenters. The normalized spacial score (nSPS) is 22.1. The molecule has 1 saturated heterocycles. The quantitative estimate of drug-likeness (QED) is 0.899. The van der Waals surface area contributed by atoms with Crippen molar-refractivity contribution < 1.29 is 9.53 Å². The van der Waals surface area contributed by atoms with Crippen LogP contribution in [0.4, 0.5) is 5.69 Å². The maximum absolute atomic E-state index is 12.9. The molecule has 0 aliphatic carbocycles. The molecule has 2 heterocycles. The molecule has 4 nitrogen and oxygen atoms in total. The number of fused-ring (bicyclic) bond motifs is 1. The molecule has 0 spiro atoms. The molecule has 1 unspecified atom stereocenters. The summed E-state index contributed by atoms with van der Waals surface area (Å²) in [7, 11) is 0. The molecule has 2 aliphatic rings. The van der Waals surface area contributed by atoms with Crippen LogP contribution in [0.3, 0.4) is 0 Å². The monoisotopic (exact) mass is 274 g/mol. The number of anilines is 1. The van der Waals surface area contributed by atoms with Crippen molar-refractivity contribution in [3.8, 4) is 0 Å². The Labute approximate surface area is 120 Å². The number of nitrogens with zero attached hydrogens (tertiary/aromatic N) is 1. The van der Waals surface area contributed by atoms with Crippen LogP contribution in [-0.4, -0.2) is 43.2 Å². The molecular weight excluding hydrogens is 252 g/mol. The molecule has 1 amide bonds. The lowest BCUT2D eigenvalue weighted by molar-refractivity contribution is -0.00275. The van der Waals surface area contributed by atoms with Crippen LogP contribution in [0.1, 0.15) is 35.7 Å². The average molecular weight is 274 g/mol. The number of ether oxygens (including phenoxy) is 1. The second-order valence-electron chi connectivity index (χ2n) is 5.51. The van der Waals surface area contributed by atoms with Crippen molar-refractivity contribution in [2.45, 2.75) is 32.2 Å². The minimum Gasteiger partial charge on any atom is -0.384 e. The van der Waals surface area contributed by atoms with Crippen molar-refractivity contribution in [3.63, 3.8) is 0 Å². The molecule has 4 heteroatoms. The summed E-state index contributed by atoms with van der Waals surface area (Å²) in [4.78, 5) is 14.9. The summed E-state index contributed by atoms with van der Waals surface area (Å²) in [5.74, 6) is 0.145. The zero-order valence-electron chi connectivity index (χ0n) is 12.0. The highest BCUT2D eigenvalue weighted by atomic mass is 16.5. The number of para-hydroxylation sites is 1. The minimum atomic E-state index is 0.145. The Kier molecular flexibility index (Phi) is 3.92. The van der Waals surface area contributed by atoms with Gasteiger partial charge in [0.2, 0.25) is 0 Å². The fourth-order valence-corrected chi connectivity index (χ4v) is 3.10. The summed E-state index contributed by atoms with van der Waals surface area (Å²) in [5, 5.41) is 3.41. The fraction of sp³-hybridized carbons (Fsp3) is 0.562. The lowest BCUT2D eigenvalue weighted by Crippen LogP contribution is -2.48. The van der Waals surface area contributed by atoms with Gasteiger partial charge in [0, 0.05) is 13.1 Å². The van der Waals surface area contributed by atoms with E-state index in [1.165, 1.54) is 5.56 Å². The van der Waals surface area contributed by atoms with Gasteiger partial charge in [0.1, 0.15) is 0 Å². The van der Waals surface area contributed by atoms with Crippen LogP contribution in [-0.2, 0) is 11.2 Å². The Morgan fingerprint density at radius 1 is 1.50 bits per heavy atom.